The standard InChI is InChI=1S/C16H17FN2S/c17-14-8-6-13(7-9-14)12-19(11-10-16(18)20)15-4-2-1-3-5-15/h1-9H,10-12H2,(H2,18,20). The van der Waals surface area contributed by atoms with Gasteiger partial charge in [0, 0.05) is 25.2 Å². The minimum absolute atomic E-state index is 0.219. The minimum atomic E-state index is -0.219. The van der Waals surface area contributed by atoms with Crippen LogP contribution >= 0.6 is 12.2 Å². The van der Waals surface area contributed by atoms with Crippen molar-refractivity contribution in [3.8, 4) is 0 Å². The van der Waals surface area contributed by atoms with Crippen LogP contribution in [-0.4, -0.2) is 11.5 Å². The maximum absolute atomic E-state index is 13.0. The Morgan fingerprint density at radius 3 is 2.30 bits per heavy atom. The van der Waals surface area contributed by atoms with Crippen molar-refractivity contribution in [1.82, 2.24) is 0 Å². The van der Waals surface area contributed by atoms with Gasteiger partial charge in [0.15, 0.2) is 0 Å². The van der Waals surface area contributed by atoms with Gasteiger partial charge in [-0.1, -0.05) is 42.5 Å². The van der Waals surface area contributed by atoms with E-state index < -0.39 is 0 Å². The molecule has 104 valence electrons. The Kier molecular flexibility index (Phi) is 5.07. The Labute approximate surface area is 124 Å². The fourth-order valence-corrected chi connectivity index (χ4v) is 2.08. The number of anilines is 1. The summed E-state index contributed by atoms with van der Waals surface area (Å²) in [6.45, 7) is 1.45. The van der Waals surface area contributed by atoms with Gasteiger partial charge in [0.2, 0.25) is 0 Å². The average Bonchev–Trinajstić information content (AvgIpc) is 2.46. The molecule has 0 heterocycles. The van der Waals surface area contributed by atoms with Crippen LogP contribution in [-0.2, 0) is 6.54 Å². The Morgan fingerprint density at radius 2 is 1.70 bits per heavy atom. The molecule has 0 bridgehead atoms. The molecular formula is C16H17FN2S. The van der Waals surface area contributed by atoms with E-state index in [9.17, 15) is 4.39 Å². The summed E-state index contributed by atoms with van der Waals surface area (Å²) < 4.78 is 13.0. The van der Waals surface area contributed by atoms with E-state index in [4.69, 9.17) is 18.0 Å². The molecule has 0 aliphatic carbocycles. The number of nitrogens with two attached hydrogens (primary N) is 1. The van der Waals surface area contributed by atoms with Gasteiger partial charge in [-0.05, 0) is 29.8 Å². The first-order chi connectivity index (χ1) is 9.65. The Balaban J connectivity index is 2.13. The molecule has 0 saturated heterocycles. The molecule has 2 aromatic rings. The van der Waals surface area contributed by atoms with E-state index in [-0.39, 0.29) is 5.82 Å². The van der Waals surface area contributed by atoms with Crippen molar-refractivity contribution in [3.63, 3.8) is 0 Å². The van der Waals surface area contributed by atoms with E-state index in [2.05, 4.69) is 4.90 Å². The summed E-state index contributed by atoms with van der Waals surface area (Å²) in [6, 6.07) is 16.6. The molecule has 0 saturated carbocycles. The largest absolute Gasteiger partial charge is 0.393 e. The smallest absolute Gasteiger partial charge is 0.123 e. The molecule has 2 aromatic carbocycles. The number of halogens is 1. The van der Waals surface area contributed by atoms with Crippen molar-refractivity contribution < 1.29 is 4.39 Å². The molecule has 0 aliphatic rings. The van der Waals surface area contributed by atoms with Gasteiger partial charge in [-0.3, -0.25) is 0 Å². The molecular weight excluding hydrogens is 271 g/mol. The van der Waals surface area contributed by atoms with Crippen LogP contribution in [0.4, 0.5) is 10.1 Å². The van der Waals surface area contributed by atoms with Gasteiger partial charge in [-0.25, -0.2) is 4.39 Å². The van der Waals surface area contributed by atoms with Gasteiger partial charge in [0.1, 0.15) is 5.82 Å². The average molecular weight is 288 g/mol. The monoisotopic (exact) mass is 288 g/mol. The van der Waals surface area contributed by atoms with E-state index in [0.29, 0.717) is 18.0 Å². The molecule has 2 nitrogen and oxygen atoms in total. The van der Waals surface area contributed by atoms with Crippen LogP contribution in [0.25, 0.3) is 0 Å². The molecule has 2 rings (SSSR count). The number of rotatable bonds is 6. The van der Waals surface area contributed by atoms with Crippen LogP contribution in [0.15, 0.2) is 54.6 Å². The van der Waals surface area contributed by atoms with Gasteiger partial charge >= 0.3 is 0 Å². The first-order valence-corrected chi connectivity index (χ1v) is 6.89. The summed E-state index contributed by atoms with van der Waals surface area (Å²) in [6.07, 6.45) is 0.658. The third kappa shape index (κ3) is 4.31. The Morgan fingerprint density at radius 1 is 1.05 bits per heavy atom. The first-order valence-electron chi connectivity index (χ1n) is 6.48. The molecule has 0 fully saturated rings. The number of para-hydroxylation sites is 1. The highest BCUT2D eigenvalue weighted by atomic mass is 32.1. The minimum Gasteiger partial charge on any atom is -0.393 e. The predicted octanol–water partition coefficient (Wildman–Crippen LogP) is 3.51. The highest BCUT2D eigenvalue weighted by Crippen LogP contribution is 2.17. The molecule has 4 heteroatoms. The lowest BCUT2D eigenvalue weighted by Gasteiger charge is -2.25. The van der Waals surface area contributed by atoms with Crippen LogP contribution in [0, 0.1) is 5.82 Å². The van der Waals surface area contributed by atoms with Crippen molar-refractivity contribution in [3.05, 3.63) is 66.0 Å². The van der Waals surface area contributed by atoms with Crippen LogP contribution in [0.5, 0.6) is 0 Å². The summed E-state index contributed by atoms with van der Waals surface area (Å²) in [5, 5.41) is 0. The zero-order valence-corrected chi connectivity index (χ0v) is 11.9. The third-order valence-electron chi connectivity index (χ3n) is 3.04. The van der Waals surface area contributed by atoms with E-state index in [1.807, 2.05) is 30.3 Å². The van der Waals surface area contributed by atoms with Gasteiger partial charge < -0.3 is 10.6 Å². The van der Waals surface area contributed by atoms with Gasteiger partial charge in [0.05, 0.1) is 4.99 Å². The van der Waals surface area contributed by atoms with Gasteiger partial charge in [0.25, 0.3) is 0 Å². The zero-order chi connectivity index (χ0) is 14.4. The lowest BCUT2D eigenvalue weighted by atomic mass is 10.2. The van der Waals surface area contributed by atoms with Crippen molar-refractivity contribution >= 4 is 22.9 Å². The Hall–Kier alpha value is -1.94. The highest BCUT2D eigenvalue weighted by Gasteiger charge is 2.07. The van der Waals surface area contributed by atoms with E-state index in [1.165, 1.54) is 12.1 Å². The number of hydrogen-bond donors (Lipinski definition) is 1. The molecule has 0 aromatic heterocycles. The molecule has 2 N–H and O–H groups in total. The molecule has 0 unspecified atom stereocenters. The number of thiocarbonyl (C=S) groups is 1. The molecule has 0 atom stereocenters. The quantitative estimate of drug-likeness (QED) is 0.825. The number of benzene rings is 2. The summed E-state index contributed by atoms with van der Waals surface area (Å²) >= 11 is 4.95. The fraction of sp³-hybridized carbons (Fsp3) is 0.188. The summed E-state index contributed by atoms with van der Waals surface area (Å²) in [5.74, 6) is -0.219. The summed E-state index contributed by atoms with van der Waals surface area (Å²) in [4.78, 5) is 2.69. The predicted molar refractivity (Wildman–Crippen MR) is 85.3 cm³/mol. The molecule has 0 radical (unpaired) electrons. The van der Waals surface area contributed by atoms with Crippen LogP contribution in [0.2, 0.25) is 0 Å². The van der Waals surface area contributed by atoms with E-state index in [0.717, 1.165) is 17.8 Å². The summed E-state index contributed by atoms with van der Waals surface area (Å²) in [7, 11) is 0. The van der Waals surface area contributed by atoms with Crippen LogP contribution < -0.4 is 10.6 Å². The topological polar surface area (TPSA) is 29.3 Å². The second-order valence-electron chi connectivity index (χ2n) is 4.60. The van der Waals surface area contributed by atoms with Crippen molar-refractivity contribution in [2.24, 2.45) is 5.73 Å². The molecule has 20 heavy (non-hydrogen) atoms. The van der Waals surface area contributed by atoms with Crippen molar-refractivity contribution in [2.75, 3.05) is 11.4 Å². The lowest BCUT2D eigenvalue weighted by molar-refractivity contribution is 0.626. The molecule has 0 spiro atoms. The lowest BCUT2D eigenvalue weighted by Crippen LogP contribution is -2.27. The first kappa shape index (κ1) is 14.5. The number of hydrogen-bond acceptors (Lipinski definition) is 2. The SMILES string of the molecule is NC(=S)CCN(Cc1ccc(F)cc1)c1ccccc1. The fourth-order valence-electron chi connectivity index (χ4n) is 1.99. The molecule has 0 amide bonds. The number of nitrogens with zero attached hydrogens (tertiary/aromatic N) is 1. The Bertz CT molecular complexity index is 554. The van der Waals surface area contributed by atoms with Gasteiger partial charge in [-0.2, -0.15) is 0 Å². The second-order valence-corrected chi connectivity index (χ2v) is 5.12. The maximum Gasteiger partial charge on any atom is 0.123 e. The van der Waals surface area contributed by atoms with E-state index in [1.54, 1.807) is 12.1 Å². The van der Waals surface area contributed by atoms with Crippen LogP contribution in [0.1, 0.15) is 12.0 Å². The van der Waals surface area contributed by atoms with Gasteiger partial charge in [-0.15, -0.1) is 0 Å². The van der Waals surface area contributed by atoms with Crippen molar-refractivity contribution in [1.29, 1.82) is 0 Å². The van der Waals surface area contributed by atoms with E-state index >= 15 is 0 Å². The maximum atomic E-state index is 13.0. The van der Waals surface area contributed by atoms with Crippen LogP contribution in [0.3, 0.4) is 0 Å². The highest BCUT2D eigenvalue weighted by molar-refractivity contribution is 7.80. The van der Waals surface area contributed by atoms with Crippen molar-refractivity contribution in [2.45, 2.75) is 13.0 Å². The second kappa shape index (κ2) is 7.01. The third-order valence-corrected chi connectivity index (χ3v) is 3.24. The molecule has 0 aliphatic heterocycles. The normalized spacial score (nSPS) is 10.2. The zero-order valence-electron chi connectivity index (χ0n) is 11.1. The summed E-state index contributed by atoms with van der Waals surface area (Å²) in [5.41, 5.74) is 7.75.